The Morgan fingerprint density at radius 3 is 2.22 bits per heavy atom. The first kappa shape index (κ1) is 21.2. The summed E-state index contributed by atoms with van der Waals surface area (Å²) in [5.41, 5.74) is 0. The predicted octanol–water partition coefficient (Wildman–Crippen LogP) is 1.34. The third kappa shape index (κ3) is 11.5. The molecule has 132 valence electrons. The second kappa shape index (κ2) is 11.8. The van der Waals surface area contributed by atoms with Crippen molar-refractivity contribution in [3.63, 3.8) is 0 Å². The highest BCUT2D eigenvalue weighted by molar-refractivity contribution is 5.83. The zero-order valence-corrected chi connectivity index (χ0v) is 14.1. The van der Waals surface area contributed by atoms with Gasteiger partial charge >= 0.3 is 5.97 Å². The predicted molar refractivity (Wildman–Crippen MR) is 84.0 cm³/mol. The van der Waals surface area contributed by atoms with Crippen molar-refractivity contribution in [3.05, 3.63) is 0 Å². The lowest BCUT2D eigenvalue weighted by Crippen LogP contribution is -2.39. The fourth-order valence-corrected chi connectivity index (χ4v) is 1.87. The van der Waals surface area contributed by atoms with Gasteiger partial charge in [0.2, 0.25) is 5.91 Å². The van der Waals surface area contributed by atoms with Crippen LogP contribution in [0.2, 0.25) is 0 Å². The number of Topliss-reactive ketones (excluding diaryl/α,β-unsaturated/α-hetero) is 2. The average molecular weight is 329 g/mol. The van der Waals surface area contributed by atoms with E-state index in [1.807, 2.05) is 13.8 Å². The van der Waals surface area contributed by atoms with E-state index >= 15 is 0 Å². The molecule has 0 radical (unpaired) electrons. The fraction of sp³-hybridized carbons (Fsp3) is 0.750. The Balaban J connectivity index is 3.76. The number of ether oxygens (including phenoxy) is 1. The molecule has 0 saturated heterocycles. The minimum absolute atomic E-state index is 0.00553. The molecule has 0 aromatic carbocycles. The maximum atomic E-state index is 11.7. The van der Waals surface area contributed by atoms with Crippen molar-refractivity contribution in [1.29, 1.82) is 0 Å². The molecule has 1 amide bonds. The normalized spacial score (nSPS) is 12.0. The molecule has 0 rings (SSSR count). The third-order valence-corrected chi connectivity index (χ3v) is 3.27. The Morgan fingerprint density at radius 2 is 1.70 bits per heavy atom. The molecule has 0 aromatic rings. The van der Waals surface area contributed by atoms with Gasteiger partial charge in [-0.25, -0.2) is 4.79 Å². The number of aliphatic carboxylic acids is 1. The molecule has 0 aliphatic heterocycles. The molecule has 0 unspecified atom stereocenters. The van der Waals surface area contributed by atoms with E-state index in [0.29, 0.717) is 32.5 Å². The minimum Gasteiger partial charge on any atom is -0.480 e. The van der Waals surface area contributed by atoms with E-state index in [1.165, 1.54) is 6.92 Å². The fourth-order valence-electron chi connectivity index (χ4n) is 1.87. The zero-order valence-electron chi connectivity index (χ0n) is 14.1. The van der Waals surface area contributed by atoms with Gasteiger partial charge in [-0.1, -0.05) is 13.8 Å². The highest BCUT2D eigenvalue weighted by Crippen LogP contribution is 2.04. The largest absolute Gasteiger partial charge is 0.480 e. The molecular weight excluding hydrogens is 302 g/mol. The van der Waals surface area contributed by atoms with E-state index in [-0.39, 0.29) is 30.3 Å². The molecule has 0 fully saturated rings. The summed E-state index contributed by atoms with van der Waals surface area (Å²) in [7, 11) is 0. The maximum Gasteiger partial charge on any atom is 0.326 e. The first-order valence-corrected chi connectivity index (χ1v) is 7.86. The smallest absolute Gasteiger partial charge is 0.326 e. The molecule has 23 heavy (non-hydrogen) atoms. The molecule has 0 spiro atoms. The van der Waals surface area contributed by atoms with Crippen molar-refractivity contribution in [1.82, 2.24) is 5.32 Å². The van der Waals surface area contributed by atoms with Crippen molar-refractivity contribution < 1.29 is 29.0 Å². The summed E-state index contributed by atoms with van der Waals surface area (Å²) in [6.45, 7) is 5.66. The van der Waals surface area contributed by atoms with Crippen LogP contribution in [0.15, 0.2) is 0 Å². The second-order valence-electron chi connectivity index (χ2n) is 5.76. The quantitative estimate of drug-likeness (QED) is 0.493. The van der Waals surface area contributed by atoms with Crippen LogP contribution in [0.4, 0.5) is 0 Å². The highest BCUT2D eigenvalue weighted by atomic mass is 16.5. The highest BCUT2D eigenvalue weighted by Gasteiger charge is 2.19. The lowest BCUT2D eigenvalue weighted by Gasteiger charge is -2.12. The number of hydrogen-bond acceptors (Lipinski definition) is 5. The summed E-state index contributed by atoms with van der Waals surface area (Å²) in [5.74, 6) is -1.49. The van der Waals surface area contributed by atoms with E-state index in [0.717, 1.165) is 0 Å². The SMILES string of the molecule is CC(=O)N[C@@H](CCC(=O)CCCOCCC(=O)C(C)C)C(=O)O. The number of carboxylic acid groups (broad SMARTS) is 1. The Bertz CT molecular complexity index is 419. The van der Waals surface area contributed by atoms with E-state index in [1.54, 1.807) is 0 Å². The number of carbonyl (C=O) groups excluding carboxylic acids is 3. The zero-order chi connectivity index (χ0) is 17.8. The third-order valence-electron chi connectivity index (χ3n) is 3.27. The van der Waals surface area contributed by atoms with Crippen molar-refractivity contribution in [2.24, 2.45) is 5.92 Å². The number of nitrogens with one attached hydrogen (secondary N) is 1. The Hall–Kier alpha value is -1.76. The number of ketones is 2. The number of rotatable bonds is 13. The molecule has 0 bridgehead atoms. The molecular formula is C16H27NO6. The van der Waals surface area contributed by atoms with Gasteiger partial charge < -0.3 is 15.2 Å². The van der Waals surface area contributed by atoms with Gasteiger partial charge in [0.1, 0.15) is 17.6 Å². The van der Waals surface area contributed by atoms with Gasteiger partial charge in [-0.15, -0.1) is 0 Å². The van der Waals surface area contributed by atoms with Crippen LogP contribution in [-0.2, 0) is 23.9 Å². The van der Waals surface area contributed by atoms with Crippen LogP contribution in [0.25, 0.3) is 0 Å². The topological polar surface area (TPSA) is 110 Å². The monoisotopic (exact) mass is 329 g/mol. The van der Waals surface area contributed by atoms with E-state index in [9.17, 15) is 19.2 Å². The first-order valence-electron chi connectivity index (χ1n) is 7.86. The maximum absolute atomic E-state index is 11.7. The Kier molecular flexibility index (Phi) is 10.9. The summed E-state index contributed by atoms with van der Waals surface area (Å²) in [5, 5.41) is 11.2. The van der Waals surface area contributed by atoms with Crippen LogP contribution < -0.4 is 5.32 Å². The minimum atomic E-state index is -1.15. The molecule has 0 heterocycles. The van der Waals surface area contributed by atoms with Crippen molar-refractivity contribution in [3.8, 4) is 0 Å². The van der Waals surface area contributed by atoms with E-state index in [2.05, 4.69) is 5.32 Å². The average Bonchev–Trinajstić information content (AvgIpc) is 2.45. The molecule has 1 atom stereocenters. The summed E-state index contributed by atoms with van der Waals surface area (Å²) in [4.78, 5) is 44.8. The molecule has 7 heteroatoms. The molecule has 0 saturated carbocycles. The van der Waals surface area contributed by atoms with E-state index < -0.39 is 17.9 Å². The van der Waals surface area contributed by atoms with Crippen molar-refractivity contribution in [2.75, 3.05) is 13.2 Å². The van der Waals surface area contributed by atoms with Crippen molar-refractivity contribution in [2.45, 2.75) is 58.9 Å². The first-order chi connectivity index (χ1) is 10.7. The van der Waals surface area contributed by atoms with Crippen LogP contribution in [-0.4, -0.2) is 47.8 Å². The van der Waals surface area contributed by atoms with Gasteiger partial charge in [-0.3, -0.25) is 14.4 Å². The number of hydrogen-bond donors (Lipinski definition) is 2. The van der Waals surface area contributed by atoms with Gasteiger partial charge in [-0.05, 0) is 12.8 Å². The number of amides is 1. The standard InChI is InChI=1S/C16H27NO6/c1-11(2)15(20)8-10-23-9-4-5-13(19)6-7-14(16(21)22)17-12(3)18/h11,14H,4-10H2,1-3H3,(H,17,18)(H,21,22)/t14-/m0/s1. The molecule has 0 aliphatic carbocycles. The van der Waals surface area contributed by atoms with Gasteiger partial charge in [0.05, 0.1) is 6.61 Å². The van der Waals surface area contributed by atoms with Gasteiger partial charge in [0.25, 0.3) is 0 Å². The van der Waals surface area contributed by atoms with E-state index in [4.69, 9.17) is 9.84 Å². The summed E-state index contributed by atoms with van der Waals surface area (Å²) < 4.78 is 5.30. The van der Waals surface area contributed by atoms with Crippen molar-refractivity contribution >= 4 is 23.4 Å². The molecule has 0 aromatic heterocycles. The number of carboxylic acids is 1. The Labute approximate surface area is 136 Å². The Morgan fingerprint density at radius 1 is 1.04 bits per heavy atom. The summed E-state index contributed by atoms with van der Waals surface area (Å²) >= 11 is 0. The van der Waals surface area contributed by atoms with Gasteiger partial charge in [0, 0.05) is 38.7 Å². The number of carbonyl (C=O) groups is 4. The van der Waals surface area contributed by atoms with Crippen LogP contribution in [0.1, 0.15) is 52.9 Å². The van der Waals surface area contributed by atoms with Crippen LogP contribution >= 0.6 is 0 Å². The van der Waals surface area contributed by atoms with Gasteiger partial charge in [0.15, 0.2) is 0 Å². The lowest BCUT2D eigenvalue weighted by atomic mass is 10.1. The van der Waals surface area contributed by atoms with Crippen LogP contribution in [0.3, 0.4) is 0 Å². The molecule has 0 aliphatic rings. The summed E-state index contributed by atoms with van der Waals surface area (Å²) in [6, 6.07) is -1.03. The van der Waals surface area contributed by atoms with Gasteiger partial charge in [-0.2, -0.15) is 0 Å². The summed E-state index contributed by atoms with van der Waals surface area (Å²) in [6.07, 6.45) is 1.39. The molecule has 2 N–H and O–H groups in total. The lowest BCUT2D eigenvalue weighted by molar-refractivity contribution is -0.141. The van der Waals surface area contributed by atoms with Crippen LogP contribution in [0, 0.1) is 5.92 Å². The second-order valence-corrected chi connectivity index (χ2v) is 5.76. The molecule has 7 nitrogen and oxygen atoms in total. The van der Waals surface area contributed by atoms with Crippen LogP contribution in [0.5, 0.6) is 0 Å².